The fourth-order valence-electron chi connectivity index (χ4n) is 2.60. The Morgan fingerprint density at radius 1 is 1.47 bits per heavy atom. The average Bonchev–Trinajstić information content (AvgIpc) is 2.90. The summed E-state index contributed by atoms with van der Waals surface area (Å²) in [6, 6.07) is 2.99. The third kappa shape index (κ3) is 3.33. The van der Waals surface area contributed by atoms with E-state index in [0.717, 1.165) is 6.54 Å². The molecule has 0 bridgehead atoms. The molecular formula is C13H20N4O2. The molecule has 0 aliphatic heterocycles. The van der Waals surface area contributed by atoms with Crippen LogP contribution in [0.3, 0.4) is 0 Å². The molecule has 6 nitrogen and oxygen atoms in total. The van der Waals surface area contributed by atoms with Crippen molar-refractivity contribution in [3.63, 3.8) is 0 Å². The Hall–Kier alpha value is -1.85. The number of aromatic nitrogens is 1. The van der Waals surface area contributed by atoms with Gasteiger partial charge in [0.25, 0.3) is 5.69 Å². The van der Waals surface area contributed by atoms with E-state index in [-0.39, 0.29) is 10.6 Å². The molecule has 1 fully saturated rings. The molecule has 1 aliphatic carbocycles. The van der Waals surface area contributed by atoms with Crippen molar-refractivity contribution in [2.75, 3.05) is 30.9 Å². The summed E-state index contributed by atoms with van der Waals surface area (Å²) in [5.41, 5.74) is 0.0765. The molecular weight excluding hydrogens is 244 g/mol. The first-order valence-electron chi connectivity index (χ1n) is 6.65. The van der Waals surface area contributed by atoms with E-state index >= 15 is 0 Å². The van der Waals surface area contributed by atoms with E-state index in [2.05, 4.69) is 10.3 Å². The molecule has 1 aromatic rings. The summed E-state index contributed by atoms with van der Waals surface area (Å²) in [6.07, 6.45) is 5.08. The second-order valence-electron chi connectivity index (χ2n) is 5.11. The smallest absolute Gasteiger partial charge is 0.276 e. The van der Waals surface area contributed by atoms with Crippen LogP contribution >= 0.6 is 0 Å². The van der Waals surface area contributed by atoms with E-state index in [1.165, 1.54) is 37.8 Å². The third-order valence-corrected chi connectivity index (χ3v) is 3.66. The maximum absolute atomic E-state index is 10.9. The number of hydrogen-bond acceptors (Lipinski definition) is 5. The van der Waals surface area contributed by atoms with E-state index in [4.69, 9.17) is 0 Å². The molecule has 19 heavy (non-hydrogen) atoms. The number of nitro groups is 1. The maximum atomic E-state index is 10.9. The SMILES string of the molecule is CNc1cc([N+](=O)[O-])cc(N(C)CC2CCCC2)n1. The second kappa shape index (κ2) is 5.86. The second-order valence-corrected chi connectivity index (χ2v) is 5.11. The van der Waals surface area contributed by atoms with Gasteiger partial charge < -0.3 is 10.2 Å². The van der Waals surface area contributed by atoms with Gasteiger partial charge in [-0.05, 0) is 18.8 Å². The molecule has 2 rings (SSSR count). The van der Waals surface area contributed by atoms with Gasteiger partial charge in [-0.3, -0.25) is 10.1 Å². The standard InChI is InChI=1S/C13H20N4O2/c1-14-12-7-11(17(18)19)8-13(15-12)16(2)9-10-5-3-4-6-10/h7-8,10H,3-6,9H2,1-2H3,(H,14,15). The summed E-state index contributed by atoms with van der Waals surface area (Å²) in [5.74, 6) is 1.87. The highest BCUT2D eigenvalue weighted by molar-refractivity contribution is 5.55. The van der Waals surface area contributed by atoms with Crippen molar-refractivity contribution in [3.8, 4) is 0 Å². The van der Waals surface area contributed by atoms with Gasteiger partial charge in [0.05, 0.1) is 17.1 Å². The normalized spacial score (nSPS) is 15.5. The maximum Gasteiger partial charge on any atom is 0.276 e. The third-order valence-electron chi connectivity index (χ3n) is 3.66. The quantitative estimate of drug-likeness (QED) is 0.654. The summed E-state index contributed by atoms with van der Waals surface area (Å²) >= 11 is 0. The highest BCUT2D eigenvalue weighted by Crippen LogP contribution is 2.28. The summed E-state index contributed by atoms with van der Waals surface area (Å²) in [7, 11) is 3.66. The molecule has 1 aliphatic rings. The summed E-state index contributed by atoms with van der Waals surface area (Å²) in [5, 5.41) is 13.8. The molecule has 0 saturated heterocycles. The Labute approximate surface area is 113 Å². The fourth-order valence-corrected chi connectivity index (χ4v) is 2.60. The van der Waals surface area contributed by atoms with Crippen LogP contribution in [0.4, 0.5) is 17.3 Å². The molecule has 0 amide bonds. The van der Waals surface area contributed by atoms with Crippen molar-refractivity contribution >= 4 is 17.3 Å². The van der Waals surface area contributed by atoms with Crippen LogP contribution in [-0.4, -0.2) is 30.5 Å². The number of nitrogens with zero attached hydrogens (tertiary/aromatic N) is 3. The van der Waals surface area contributed by atoms with Gasteiger partial charge >= 0.3 is 0 Å². The molecule has 104 valence electrons. The largest absolute Gasteiger partial charge is 0.373 e. The van der Waals surface area contributed by atoms with E-state index in [9.17, 15) is 10.1 Å². The first-order valence-corrected chi connectivity index (χ1v) is 6.65. The number of rotatable bonds is 5. The van der Waals surface area contributed by atoms with Crippen molar-refractivity contribution in [3.05, 3.63) is 22.2 Å². The van der Waals surface area contributed by atoms with Crippen LogP contribution < -0.4 is 10.2 Å². The van der Waals surface area contributed by atoms with Crippen LogP contribution in [0.5, 0.6) is 0 Å². The van der Waals surface area contributed by atoms with Crippen molar-refractivity contribution < 1.29 is 4.92 Å². The molecule has 0 aromatic carbocycles. The number of pyridine rings is 1. The predicted octanol–water partition coefficient (Wildman–Crippen LogP) is 2.66. The topological polar surface area (TPSA) is 71.3 Å². The van der Waals surface area contributed by atoms with E-state index in [1.807, 2.05) is 11.9 Å². The van der Waals surface area contributed by atoms with Crippen LogP contribution in [0.2, 0.25) is 0 Å². The molecule has 0 atom stereocenters. The van der Waals surface area contributed by atoms with Crippen LogP contribution in [0, 0.1) is 16.0 Å². The molecule has 1 heterocycles. The van der Waals surface area contributed by atoms with Crippen molar-refractivity contribution in [2.45, 2.75) is 25.7 Å². The Morgan fingerprint density at radius 2 is 2.16 bits per heavy atom. The fraction of sp³-hybridized carbons (Fsp3) is 0.615. The van der Waals surface area contributed by atoms with Gasteiger partial charge in [-0.2, -0.15) is 0 Å². The van der Waals surface area contributed by atoms with E-state index in [1.54, 1.807) is 7.05 Å². The lowest BCUT2D eigenvalue weighted by Crippen LogP contribution is -2.25. The minimum absolute atomic E-state index is 0.0765. The molecule has 1 N–H and O–H groups in total. The summed E-state index contributed by atoms with van der Waals surface area (Å²) in [4.78, 5) is 16.9. The molecule has 0 spiro atoms. The Bertz CT molecular complexity index is 458. The number of hydrogen-bond donors (Lipinski definition) is 1. The zero-order chi connectivity index (χ0) is 13.8. The lowest BCUT2D eigenvalue weighted by Gasteiger charge is -2.22. The van der Waals surface area contributed by atoms with Crippen LogP contribution in [0.15, 0.2) is 12.1 Å². The molecule has 0 radical (unpaired) electrons. The van der Waals surface area contributed by atoms with E-state index in [0.29, 0.717) is 17.6 Å². The summed E-state index contributed by atoms with van der Waals surface area (Å²) in [6.45, 7) is 0.914. The minimum Gasteiger partial charge on any atom is -0.373 e. The first kappa shape index (κ1) is 13.6. The van der Waals surface area contributed by atoms with E-state index < -0.39 is 0 Å². The Morgan fingerprint density at radius 3 is 2.74 bits per heavy atom. The van der Waals surface area contributed by atoms with Gasteiger partial charge in [0, 0.05) is 20.6 Å². The lowest BCUT2D eigenvalue weighted by atomic mass is 10.1. The zero-order valence-electron chi connectivity index (χ0n) is 11.4. The van der Waals surface area contributed by atoms with Gasteiger partial charge in [-0.25, -0.2) is 4.98 Å². The van der Waals surface area contributed by atoms with Gasteiger partial charge in [0.1, 0.15) is 11.6 Å². The zero-order valence-corrected chi connectivity index (χ0v) is 11.4. The monoisotopic (exact) mass is 264 g/mol. The highest BCUT2D eigenvalue weighted by atomic mass is 16.6. The van der Waals surface area contributed by atoms with Crippen LogP contribution in [-0.2, 0) is 0 Å². The lowest BCUT2D eigenvalue weighted by molar-refractivity contribution is -0.384. The number of anilines is 2. The van der Waals surface area contributed by atoms with Crippen LogP contribution in [0.1, 0.15) is 25.7 Å². The van der Waals surface area contributed by atoms with Gasteiger partial charge in [-0.1, -0.05) is 12.8 Å². The average molecular weight is 264 g/mol. The Kier molecular flexibility index (Phi) is 4.19. The highest BCUT2D eigenvalue weighted by Gasteiger charge is 2.19. The number of nitrogens with one attached hydrogen (secondary N) is 1. The molecule has 6 heteroatoms. The van der Waals surface area contributed by atoms with Gasteiger partial charge in [-0.15, -0.1) is 0 Å². The van der Waals surface area contributed by atoms with Gasteiger partial charge in [0.2, 0.25) is 0 Å². The molecule has 1 aromatic heterocycles. The van der Waals surface area contributed by atoms with Crippen molar-refractivity contribution in [2.24, 2.45) is 5.92 Å². The minimum atomic E-state index is -0.380. The molecule has 1 saturated carbocycles. The van der Waals surface area contributed by atoms with Crippen molar-refractivity contribution in [1.29, 1.82) is 0 Å². The Balaban J connectivity index is 2.17. The summed E-state index contributed by atoms with van der Waals surface area (Å²) < 4.78 is 0. The molecule has 0 unspecified atom stereocenters. The van der Waals surface area contributed by atoms with Crippen LogP contribution in [0.25, 0.3) is 0 Å². The first-order chi connectivity index (χ1) is 9.10. The predicted molar refractivity (Wildman–Crippen MR) is 75.7 cm³/mol. The van der Waals surface area contributed by atoms with Crippen molar-refractivity contribution in [1.82, 2.24) is 4.98 Å². The van der Waals surface area contributed by atoms with Gasteiger partial charge in [0.15, 0.2) is 0 Å².